The Kier molecular flexibility index (Phi) is 4.12. The Bertz CT molecular complexity index is 695. The molecule has 2 aromatic heterocycles. The van der Waals surface area contributed by atoms with Gasteiger partial charge in [-0.15, -0.1) is 11.3 Å². The third-order valence-electron chi connectivity index (χ3n) is 3.16. The van der Waals surface area contributed by atoms with Gasteiger partial charge in [0.15, 0.2) is 5.82 Å². The van der Waals surface area contributed by atoms with Crippen LogP contribution < -0.4 is 5.32 Å². The first-order chi connectivity index (χ1) is 10.0. The van der Waals surface area contributed by atoms with E-state index in [-0.39, 0.29) is 11.3 Å². The van der Waals surface area contributed by atoms with Crippen LogP contribution in [0.5, 0.6) is 0 Å². The average molecular weight is 322 g/mol. The predicted octanol–water partition coefficient (Wildman–Crippen LogP) is 3.11. The Morgan fingerprint density at radius 2 is 1.77 bits per heavy atom. The van der Waals surface area contributed by atoms with Gasteiger partial charge in [0.05, 0.1) is 16.2 Å². The Labute approximate surface area is 134 Å². The molecule has 1 N–H and O–H groups in total. The Morgan fingerprint density at radius 3 is 2.23 bits per heavy atom. The SMILES string of the molecule is Cc1nc(C)c(C(=O)NC(C)(C)c2noc(C(C)(C)C)n2)s1. The number of aryl methyl sites for hydroxylation is 2. The molecule has 0 unspecified atom stereocenters. The van der Waals surface area contributed by atoms with Crippen LogP contribution in [-0.2, 0) is 11.0 Å². The summed E-state index contributed by atoms with van der Waals surface area (Å²) in [5.74, 6) is 0.842. The van der Waals surface area contributed by atoms with Crippen molar-refractivity contribution in [1.82, 2.24) is 20.4 Å². The maximum Gasteiger partial charge on any atom is 0.264 e. The van der Waals surface area contributed by atoms with Crippen LogP contribution in [0.2, 0.25) is 0 Å². The molecule has 0 saturated carbocycles. The topological polar surface area (TPSA) is 80.9 Å². The third-order valence-corrected chi connectivity index (χ3v) is 4.23. The summed E-state index contributed by atoms with van der Waals surface area (Å²) in [5, 5.41) is 7.84. The van der Waals surface area contributed by atoms with Crippen LogP contribution in [0, 0.1) is 13.8 Å². The summed E-state index contributed by atoms with van der Waals surface area (Å²) in [6, 6.07) is 0. The summed E-state index contributed by atoms with van der Waals surface area (Å²) in [7, 11) is 0. The lowest BCUT2D eigenvalue weighted by Crippen LogP contribution is -2.41. The van der Waals surface area contributed by atoms with Gasteiger partial charge in [-0.1, -0.05) is 25.9 Å². The fourth-order valence-corrected chi connectivity index (χ4v) is 2.74. The fourth-order valence-electron chi connectivity index (χ4n) is 1.92. The fraction of sp³-hybridized carbons (Fsp3) is 0.600. The molecule has 0 bridgehead atoms. The van der Waals surface area contributed by atoms with E-state index in [9.17, 15) is 4.79 Å². The first-order valence-corrected chi connectivity index (χ1v) is 7.93. The summed E-state index contributed by atoms with van der Waals surface area (Å²) in [4.78, 5) is 21.8. The molecule has 0 aliphatic heterocycles. The lowest BCUT2D eigenvalue weighted by molar-refractivity contribution is 0.0911. The van der Waals surface area contributed by atoms with Gasteiger partial charge in [-0.05, 0) is 27.7 Å². The van der Waals surface area contributed by atoms with Crippen molar-refractivity contribution in [3.8, 4) is 0 Å². The van der Waals surface area contributed by atoms with Crippen molar-refractivity contribution in [2.24, 2.45) is 0 Å². The van der Waals surface area contributed by atoms with Crippen LogP contribution in [0.25, 0.3) is 0 Å². The molecule has 22 heavy (non-hydrogen) atoms. The molecule has 0 aliphatic rings. The Morgan fingerprint density at radius 1 is 1.14 bits per heavy atom. The van der Waals surface area contributed by atoms with Crippen LogP contribution >= 0.6 is 11.3 Å². The summed E-state index contributed by atoms with van der Waals surface area (Å²) in [6.07, 6.45) is 0. The molecule has 0 atom stereocenters. The van der Waals surface area contributed by atoms with E-state index in [2.05, 4.69) is 20.4 Å². The zero-order valence-corrected chi connectivity index (χ0v) is 14.9. The number of nitrogens with zero attached hydrogens (tertiary/aromatic N) is 3. The number of rotatable bonds is 3. The minimum absolute atomic E-state index is 0.171. The van der Waals surface area contributed by atoms with E-state index in [1.165, 1.54) is 11.3 Å². The third kappa shape index (κ3) is 3.35. The standard InChI is InChI=1S/C15H22N4O2S/c1-8-10(22-9(2)16-8)11(20)18-15(6,7)12-17-13(21-19-12)14(3,4)5/h1-7H3,(H,18,20). The Balaban J connectivity index is 2.22. The highest BCUT2D eigenvalue weighted by molar-refractivity contribution is 7.13. The average Bonchev–Trinajstić information content (AvgIpc) is 2.94. The van der Waals surface area contributed by atoms with Gasteiger partial charge in [0, 0.05) is 5.41 Å². The molecule has 6 nitrogen and oxygen atoms in total. The zero-order valence-electron chi connectivity index (χ0n) is 14.1. The van der Waals surface area contributed by atoms with E-state index in [4.69, 9.17) is 4.52 Å². The van der Waals surface area contributed by atoms with E-state index < -0.39 is 5.54 Å². The number of nitrogens with one attached hydrogen (secondary N) is 1. The van der Waals surface area contributed by atoms with Crippen LogP contribution in [0.15, 0.2) is 4.52 Å². The maximum atomic E-state index is 12.4. The number of carbonyl (C=O) groups is 1. The van der Waals surface area contributed by atoms with Crippen molar-refractivity contribution in [2.75, 3.05) is 0 Å². The molecule has 7 heteroatoms. The van der Waals surface area contributed by atoms with E-state index in [0.29, 0.717) is 16.6 Å². The molecular formula is C15H22N4O2S. The quantitative estimate of drug-likeness (QED) is 0.939. The number of hydrogen-bond donors (Lipinski definition) is 1. The zero-order chi connectivity index (χ0) is 16.7. The van der Waals surface area contributed by atoms with Crippen LogP contribution in [0.4, 0.5) is 0 Å². The van der Waals surface area contributed by atoms with Gasteiger partial charge in [0.2, 0.25) is 5.89 Å². The first-order valence-electron chi connectivity index (χ1n) is 7.12. The van der Waals surface area contributed by atoms with Crippen LogP contribution in [-0.4, -0.2) is 21.0 Å². The number of carbonyl (C=O) groups excluding carboxylic acids is 1. The molecule has 0 radical (unpaired) electrons. The van der Waals surface area contributed by atoms with Crippen molar-refractivity contribution in [3.63, 3.8) is 0 Å². The Hall–Kier alpha value is -1.76. The second kappa shape index (κ2) is 5.46. The number of amides is 1. The van der Waals surface area contributed by atoms with Crippen LogP contribution in [0.1, 0.15) is 66.7 Å². The lowest BCUT2D eigenvalue weighted by Gasteiger charge is -2.22. The molecule has 0 saturated heterocycles. The van der Waals surface area contributed by atoms with Crippen molar-refractivity contribution in [2.45, 2.75) is 59.4 Å². The second-order valence-electron chi connectivity index (χ2n) is 6.90. The molecule has 0 aliphatic carbocycles. The molecule has 2 heterocycles. The first kappa shape index (κ1) is 16.6. The summed E-state index contributed by atoms with van der Waals surface area (Å²) in [5.41, 5.74) is -0.218. The molecule has 120 valence electrons. The van der Waals surface area contributed by atoms with E-state index in [0.717, 1.165) is 10.7 Å². The molecule has 2 rings (SSSR count). The van der Waals surface area contributed by atoms with Gasteiger partial charge in [-0.25, -0.2) is 4.98 Å². The molecule has 2 aromatic rings. The lowest BCUT2D eigenvalue weighted by atomic mass is 9.97. The maximum absolute atomic E-state index is 12.4. The van der Waals surface area contributed by atoms with Gasteiger partial charge >= 0.3 is 0 Å². The summed E-state index contributed by atoms with van der Waals surface area (Å²) in [6.45, 7) is 13.4. The normalized spacial score (nSPS) is 12.5. The van der Waals surface area contributed by atoms with E-state index >= 15 is 0 Å². The van der Waals surface area contributed by atoms with Crippen LogP contribution in [0.3, 0.4) is 0 Å². The van der Waals surface area contributed by atoms with Gasteiger partial charge in [-0.3, -0.25) is 4.79 Å². The van der Waals surface area contributed by atoms with Crippen molar-refractivity contribution in [3.05, 3.63) is 27.3 Å². The highest BCUT2D eigenvalue weighted by Crippen LogP contribution is 2.25. The molecule has 1 amide bonds. The highest BCUT2D eigenvalue weighted by atomic mass is 32.1. The van der Waals surface area contributed by atoms with Gasteiger partial charge < -0.3 is 9.84 Å². The molecule has 0 aromatic carbocycles. The summed E-state index contributed by atoms with van der Waals surface area (Å²) >= 11 is 1.38. The molecular weight excluding hydrogens is 300 g/mol. The van der Waals surface area contributed by atoms with Gasteiger partial charge in [0.25, 0.3) is 5.91 Å². The monoisotopic (exact) mass is 322 g/mol. The van der Waals surface area contributed by atoms with Gasteiger partial charge in [-0.2, -0.15) is 4.98 Å². The highest BCUT2D eigenvalue weighted by Gasteiger charge is 2.32. The number of aromatic nitrogens is 3. The van der Waals surface area contributed by atoms with Crippen molar-refractivity contribution < 1.29 is 9.32 Å². The smallest absolute Gasteiger partial charge is 0.264 e. The number of thiazole rings is 1. The van der Waals surface area contributed by atoms with Gasteiger partial charge in [0.1, 0.15) is 4.88 Å². The van der Waals surface area contributed by atoms with Crippen molar-refractivity contribution in [1.29, 1.82) is 0 Å². The minimum Gasteiger partial charge on any atom is -0.339 e. The molecule has 0 spiro atoms. The largest absolute Gasteiger partial charge is 0.339 e. The minimum atomic E-state index is -0.728. The van der Waals surface area contributed by atoms with E-state index in [1.807, 2.05) is 48.5 Å². The van der Waals surface area contributed by atoms with E-state index in [1.54, 1.807) is 0 Å². The van der Waals surface area contributed by atoms with Crippen molar-refractivity contribution >= 4 is 17.2 Å². The second-order valence-corrected chi connectivity index (χ2v) is 8.10. The number of hydrogen-bond acceptors (Lipinski definition) is 6. The predicted molar refractivity (Wildman–Crippen MR) is 85.1 cm³/mol. The summed E-state index contributed by atoms with van der Waals surface area (Å²) < 4.78 is 5.31. The molecule has 0 fully saturated rings.